The van der Waals surface area contributed by atoms with Crippen LogP contribution in [-0.4, -0.2) is 47.7 Å². The molecule has 1 aromatic heterocycles. The average Bonchev–Trinajstić information content (AvgIpc) is 3.30. The van der Waals surface area contributed by atoms with E-state index in [1.54, 1.807) is 26.2 Å². The molecule has 168 valence electrons. The van der Waals surface area contributed by atoms with Gasteiger partial charge in [-0.15, -0.1) is 0 Å². The number of fused-ring (bicyclic) bond motifs is 1. The minimum atomic E-state index is -3.61. The summed E-state index contributed by atoms with van der Waals surface area (Å²) in [5.41, 5.74) is 2.45. The monoisotopic (exact) mass is 457 g/mol. The van der Waals surface area contributed by atoms with Gasteiger partial charge in [0.2, 0.25) is 15.8 Å². The lowest BCUT2D eigenvalue weighted by Gasteiger charge is -2.34. The van der Waals surface area contributed by atoms with E-state index in [2.05, 4.69) is 10.1 Å². The molecule has 0 saturated carbocycles. The molecule has 0 N–H and O–H groups in total. The third-order valence-corrected chi connectivity index (χ3v) is 7.18. The van der Waals surface area contributed by atoms with Crippen LogP contribution in [0.15, 0.2) is 53.1 Å². The molecule has 0 radical (unpaired) electrons. The first-order valence-electron chi connectivity index (χ1n) is 10.1. The van der Waals surface area contributed by atoms with E-state index < -0.39 is 22.0 Å². The van der Waals surface area contributed by atoms with Crippen molar-refractivity contribution in [3.63, 3.8) is 0 Å². The quantitative estimate of drug-likeness (QED) is 0.498. The normalized spacial score (nSPS) is 16.4. The summed E-state index contributed by atoms with van der Waals surface area (Å²) in [7, 11) is -2.07. The highest BCUT2D eigenvalue weighted by Crippen LogP contribution is 2.28. The smallest absolute Gasteiger partial charge is 0.325 e. The Morgan fingerprint density at radius 2 is 1.88 bits per heavy atom. The van der Waals surface area contributed by atoms with Crippen LogP contribution in [0.4, 0.5) is 0 Å². The minimum absolute atomic E-state index is 0.0976. The molecule has 1 aliphatic rings. The SMILES string of the molecule is CCS(=O)(=O)N1Cc2ccccc2CC1C(=O)OCc1nc(-c2ccccc2OC)no1. The first-order chi connectivity index (χ1) is 15.4. The molecule has 0 spiro atoms. The van der Waals surface area contributed by atoms with Crippen LogP contribution in [0, 0.1) is 0 Å². The number of esters is 1. The molecule has 9 nitrogen and oxygen atoms in total. The van der Waals surface area contributed by atoms with Gasteiger partial charge in [0.05, 0.1) is 18.4 Å². The van der Waals surface area contributed by atoms with Crippen molar-refractivity contribution in [2.75, 3.05) is 12.9 Å². The summed E-state index contributed by atoms with van der Waals surface area (Å²) in [5.74, 6) is 0.215. The first kappa shape index (κ1) is 22.0. The topological polar surface area (TPSA) is 112 Å². The molecule has 10 heteroatoms. The second-order valence-electron chi connectivity index (χ2n) is 7.25. The predicted octanol–water partition coefficient (Wildman–Crippen LogP) is 2.57. The van der Waals surface area contributed by atoms with Crippen molar-refractivity contribution in [3.05, 3.63) is 65.5 Å². The van der Waals surface area contributed by atoms with E-state index in [-0.39, 0.29) is 31.2 Å². The van der Waals surface area contributed by atoms with Crippen molar-refractivity contribution in [2.45, 2.75) is 32.5 Å². The fraction of sp³-hybridized carbons (Fsp3) is 0.318. The van der Waals surface area contributed by atoms with E-state index in [9.17, 15) is 13.2 Å². The van der Waals surface area contributed by atoms with Crippen LogP contribution in [0.5, 0.6) is 5.75 Å². The van der Waals surface area contributed by atoms with Crippen molar-refractivity contribution < 1.29 is 27.2 Å². The molecule has 3 aromatic rings. The van der Waals surface area contributed by atoms with Gasteiger partial charge in [0.1, 0.15) is 11.8 Å². The highest BCUT2D eigenvalue weighted by molar-refractivity contribution is 7.89. The summed E-state index contributed by atoms with van der Waals surface area (Å²) < 4.78 is 42.4. The summed E-state index contributed by atoms with van der Waals surface area (Å²) in [5, 5.41) is 3.92. The molecule has 2 heterocycles. The Morgan fingerprint density at radius 3 is 2.62 bits per heavy atom. The summed E-state index contributed by atoms with van der Waals surface area (Å²) in [4.78, 5) is 17.2. The van der Waals surface area contributed by atoms with E-state index in [4.69, 9.17) is 14.0 Å². The molecule has 1 unspecified atom stereocenters. The maximum absolute atomic E-state index is 12.9. The van der Waals surface area contributed by atoms with Gasteiger partial charge >= 0.3 is 5.97 Å². The number of carbonyl (C=O) groups excluding carboxylic acids is 1. The molecule has 4 rings (SSSR count). The van der Waals surface area contributed by atoms with Crippen LogP contribution < -0.4 is 4.74 Å². The summed E-state index contributed by atoms with van der Waals surface area (Å²) in [6.45, 7) is 1.42. The Hall–Kier alpha value is -3.24. The average molecular weight is 458 g/mol. The Kier molecular flexibility index (Phi) is 6.24. The number of aromatic nitrogens is 2. The zero-order valence-corrected chi connectivity index (χ0v) is 18.5. The van der Waals surface area contributed by atoms with Crippen LogP contribution >= 0.6 is 0 Å². The van der Waals surface area contributed by atoms with Gasteiger partial charge in [-0.25, -0.2) is 8.42 Å². The van der Waals surface area contributed by atoms with E-state index >= 15 is 0 Å². The molecule has 1 aliphatic heterocycles. The fourth-order valence-corrected chi connectivity index (χ4v) is 4.86. The summed E-state index contributed by atoms with van der Waals surface area (Å²) >= 11 is 0. The van der Waals surface area contributed by atoms with Gasteiger partial charge in [-0.1, -0.05) is 41.6 Å². The van der Waals surface area contributed by atoms with Gasteiger partial charge in [0, 0.05) is 13.0 Å². The molecular weight excluding hydrogens is 434 g/mol. The number of para-hydroxylation sites is 1. The van der Waals surface area contributed by atoms with E-state index in [0.717, 1.165) is 11.1 Å². The number of nitrogens with zero attached hydrogens (tertiary/aromatic N) is 3. The van der Waals surface area contributed by atoms with Crippen LogP contribution in [0.25, 0.3) is 11.4 Å². The molecule has 0 bridgehead atoms. The lowest BCUT2D eigenvalue weighted by molar-refractivity contribution is -0.150. The number of carbonyl (C=O) groups is 1. The summed E-state index contributed by atoms with van der Waals surface area (Å²) in [6.07, 6.45) is 0.241. The molecular formula is C22H23N3O6S. The number of rotatable bonds is 7. The molecule has 2 aromatic carbocycles. The predicted molar refractivity (Wildman–Crippen MR) is 115 cm³/mol. The number of hydrogen-bond acceptors (Lipinski definition) is 8. The van der Waals surface area contributed by atoms with Crippen molar-refractivity contribution in [3.8, 4) is 17.1 Å². The Balaban J connectivity index is 1.50. The molecule has 1 atom stereocenters. The molecule has 0 fully saturated rings. The van der Waals surface area contributed by atoms with E-state index in [1.165, 1.54) is 4.31 Å². The third kappa shape index (κ3) is 4.37. The Bertz CT molecular complexity index is 1220. The van der Waals surface area contributed by atoms with E-state index in [0.29, 0.717) is 17.1 Å². The number of ether oxygens (including phenoxy) is 2. The van der Waals surface area contributed by atoms with Gasteiger partial charge in [-0.2, -0.15) is 9.29 Å². The maximum atomic E-state index is 12.9. The van der Waals surface area contributed by atoms with Crippen molar-refractivity contribution >= 4 is 16.0 Å². The standard InChI is InChI=1S/C22H23N3O6S/c1-3-32(27,28)25-13-16-9-5-4-8-15(16)12-18(25)22(26)30-14-20-23-21(24-31-20)17-10-6-7-11-19(17)29-2/h4-11,18H,3,12-14H2,1-2H3. The second-order valence-corrected chi connectivity index (χ2v) is 9.46. The van der Waals surface area contributed by atoms with Crippen LogP contribution in [0.1, 0.15) is 23.9 Å². The van der Waals surface area contributed by atoms with Gasteiger partial charge in [-0.3, -0.25) is 4.79 Å². The third-order valence-electron chi connectivity index (χ3n) is 5.35. The molecule has 0 aliphatic carbocycles. The lowest BCUT2D eigenvalue weighted by atomic mass is 9.96. The molecule has 0 amide bonds. The van der Waals surface area contributed by atoms with Crippen molar-refractivity contribution in [2.24, 2.45) is 0 Å². The second kappa shape index (κ2) is 9.09. The highest BCUT2D eigenvalue weighted by atomic mass is 32.2. The largest absolute Gasteiger partial charge is 0.496 e. The van der Waals surface area contributed by atoms with Gasteiger partial charge < -0.3 is 14.0 Å². The van der Waals surface area contributed by atoms with E-state index in [1.807, 2.05) is 36.4 Å². The lowest BCUT2D eigenvalue weighted by Crippen LogP contribution is -2.49. The van der Waals surface area contributed by atoms with Gasteiger partial charge in [0.25, 0.3) is 5.89 Å². The van der Waals surface area contributed by atoms with Crippen molar-refractivity contribution in [1.82, 2.24) is 14.4 Å². The summed E-state index contributed by atoms with van der Waals surface area (Å²) in [6, 6.07) is 13.7. The maximum Gasteiger partial charge on any atom is 0.325 e. The fourth-order valence-electron chi connectivity index (χ4n) is 3.64. The number of benzene rings is 2. The van der Waals surface area contributed by atoms with Crippen LogP contribution in [0.3, 0.4) is 0 Å². The van der Waals surface area contributed by atoms with Crippen molar-refractivity contribution in [1.29, 1.82) is 0 Å². The molecule has 0 saturated heterocycles. The minimum Gasteiger partial charge on any atom is -0.496 e. The Labute approximate surface area is 186 Å². The van der Waals surface area contributed by atoms with Crippen LogP contribution in [0.2, 0.25) is 0 Å². The van der Waals surface area contributed by atoms with Gasteiger partial charge in [0.15, 0.2) is 6.61 Å². The zero-order chi connectivity index (χ0) is 22.7. The Morgan fingerprint density at radius 1 is 1.16 bits per heavy atom. The molecule has 32 heavy (non-hydrogen) atoms. The number of hydrogen-bond donors (Lipinski definition) is 0. The van der Waals surface area contributed by atoms with Gasteiger partial charge in [-0.05, 0) is 30.2 Å². The van der Waals surface area contributed by atoms with Crippen LogP contribution in [-0.2, 0) is 39.1 Å². The first-order valence-corrected chi connectivity index (χ1v) is 11.7. The highest BCUT2D eigenvalue weighted by Gasteiger charge is 2.39. The zero-order valence-electron chi connectivity index (χ0n) is 17.7. The number of sulfonamides is 1. The number of methoxy groups -OCH3 is 1.